The number of hydrogen-bond donors (Lipinski definition) is 2. The van der Waals surface area contributed by atoms with Gasteiger partial charge in [-0.3, -0.25) is 14.6 Å². The molecule has 2 aliphatic heterocycles. The Hall–Kier alpha value is -5.68. The molecule has 2 fully saturated rings. The summed E-state index contributed by atoms with van der Waals surface area (Å²) in [7, 11) is 1.60. The monoisotopic (exact) mass is 646 g/mol. The number of aromatic hydroxyl groups is 1. The van der Waals surface area contributed by atoms with Gasteiger partial charge in [0.25, 0.3) is 0 Å². The number of para-hydroxylation sites is 1. The molecule has 0 aliphatic carbocycles. The first-order valence-electron chi connectivity index (χ1n) is 15.8. The maximum atomic E-state index is 14.5. The molecule has 11 heteroatoms. The van der Waals surface area contributed by atoms with E-state index in [4.69, 9.17) is 4.74 Å². The first-order valence-corrected chi connectivity index (χ1v) is 15.8. The molecule has 2 aliphatic rings. The third-order valence-electron chi connectivity index (χ3n) is 8.64. The van der Waals surface area contributed by atoms with Gasteiger partial charge in [0.05, 0.1) is 25.9 Å². The van der Waals surface area contributed by atoms with Gasteiger partial charge in [-0.15, -0.1) is 6.58 Å². The molecular formula is C37H38N6O5. The Balaban J connectivity index is 1.38. The van der Waals surface area contributed by atoms with Gasteiger partial charge in [-0.05, 0) is 47.0 Å². The molecular weight excluding hydrogens is 608 g/mol. The average molecular weight is 647 g/mol. The molecule has 11 nitrogen and oxygen atoms in total. The van der Waals surface area contributed by atoms with Gasteiger partial charge in [0, 0.05) is 37.8 Å². The number of amides is 4. The van der Waals surface area contributed by atoms with E-state index >= 15 is 0 Å². The van der Waals surface area contributed by atoms with E-state index in [2.05, 4.69) is 16.9 Å². The molecule has 0 spiro atoms. The van der Waals surface area contributed by atoms with Gasteiger partial charge in [0.2, 0.25) is 11.8 Å². The molecule has 2 atom stereocenters. The largest absolute Gasteiger partial charge is 0.508 e. The van der Waals surface area contributed by atoms with E-state index in [1.165, 1.54) is 0 Å². The summed E-state index contributed by atoms with van der Waals surface area (Å²) in [5.41, 5.74) is 3.94. The Morgan fingerprint density at radius 1 is 1.00 bits per heavy atom. The van der Waals surface area contributed by atoms with Crippen molar-refractivity contribution < 1.29 is 24.2 Å². The van der Waals surface area contributed by atoms with E-state index in [9.17, 15) is 19.5 Å². The van der Waals surface area contributed by atoms with Crippen molar-refractivity contribution in [1.29, 1.82) is 0 Å². The summed E-state index contributed by atoms with van der Waals surface area (Å²) in [6, 6.07) is 26.2. The lowest BCUT2D eigenvalue weighted by Gasteiger charge is -2.55. The van der Waals surface area contributed by atoms with Crippen LogP contribution in [-0.2, 0) is 29.1 Å². The first-order chi connectivity index (χ1) is 23.4. The number of phenolic OH excluding ortho intramolecular Hbond substituents is 1. The minimum atomic E-state index is -0.900. The smallest absolute Gasteiger partial charge is 0.334 e. The van der Waals surface area contributed by atoms with Gasteiger partial charge in [0.1, 0.15) is 23.7 Å². The molecule has 3 aromatic carbocycles. The number of aromatic nitrogens is 1. The summed E-state index contributed by atoms with van der Waals surface area (Å²) >= 11 is 0. The standard InChI is InChI=1S/C37H38N6O5/c1-3-20-41-25-34(45)42-31(21-26-15-17-29(44)18-16-26)36(46)40(24-33(42)43(41)37(47)39-22-27-10-5-4-6-11-27)23-28-12-9-19-38-35(28)30-13-7-8-14-32(30)48-2/h3-19,31,33,44H,1,20-25H2,2H3,(H,39,47). The molecule has 246 valence electrons. The van der Waals surface area contributed by atoms with Crippen LogP contribution in [0.1, 0.15) is 16.7 Å². The van der Waals surface area contributed by atoms with E-state index in [0.717, 1.165) is 22.3 Å². The fourth-order valence-electron chi connectivity index (χ4n) is 6.41. The molecule has 48 heavy (non-hydrogen) atoms. The number of urea groups is 1. The van der Waals surface area contributed by atoms with Crippen LogP contribution in [0.2, 0.25) is 0 Å². The van der Waals surface area contributed by atoms with Gasteiger partial charge >= 0.3 is 6.03 Å². The normalized spacial score (nSPS) is 18.0. The van der Waals surface area contributed by atoms with Gasteiger partial charge in [-0.25, -0.2) is 14.8 Å². The number of carbonyl (C=O) groups is 3. The molecule has 2 unspecified atom stereocenters. The number of ether oxygens (including phenoxy) is 1. The van der Waals surface area contributed by atoms with E-state index in [0.29, 0.717) is 11.4 Å². The number of methoxy groups -OCH3 is 1. The van der Waals surface area contributed by atoms with Crippen molar-refractivity contribution in [3.8, 4) is 22.8 Å². The number of benzene rings is 3. The summed E-state index contributed by atoms with van der Waals surface area (Å²) < 4.78 is 5.62. The third-order valence-corrected chi connectivity index (χ3v) is 8.64. The van der Waals surface area contributed by atoms with Crippen molar-refractivity contribution in [3.05, 3.63) is 127 Å². The molecule has 0 bridgehead atoms. The van der Waals surface area contributed by atoms with Gasteiger partial charge in [-0.2, -0.15) is 0 Å². The summed E-state index contributed by atoms with van der Waals surface area (Å²) in [5, 5.41) is 16.1. The predicted octanol–water partition coefficient (Wildman–Crippen LogP) is 4.20. The number of carbonyl (C=O) groups excluding carboxylic acids is 3. The second kappa shape index (κ2) is 14.4. The number of hydrogen-bond acceptors (Lipinski definition) is 7. The molecule has 2 saturated heterocycles. The number of fused-ring (bicyclic) bond motifs is 1. The first kappa shape index (κ1) is 32.3. The second-order valence-corrected chi connectivity index (χ2v) is 11.7. The Bertz CT molecular complexity index is 1780. The van der Waals surface area contributed by atoms with Crippen LogP contribution in [-0.4, -0.2) is 86.7 Å². The lowest BCUT2D eigenvalue weighted by Crippen LogP contribution is -2.76. The van der Waals surface area contributed by atoms with Crippen molar-refractivity contribution in [2.45, 2.75) is 31.7 Å². The predicted molar refractivity (Wildman–Crippen MR) is 180 cm³/mol. The average Bonchev–Trinajstić information content (AvgIpc) is 3.10. The highest BCUT2D eigenvalue weighted by Crippen LogP contribution is 2.33. The lowest BCUT2D eigenvalue weighted by molar-refractivity contribution is -0.189. The molecule has 1 aromatic heterocycles. The van der Waals surface area contributed by atoms with E-state index in [-0.39, 0.29) is 56.7 Å². The van der Waals surface area contributed by atoms with Gasteiger partial charge in [-0.1, -0.05) is 66.7 Å². The summed E-state index contributed by atoms with van der Waals surface area (Å²) in [6.45, 7) is 4.56. The van der Waals surface area contributed by atoms with Crippen LogP contribution in [0.25, 0.3) is 11.3 Å². The van der Waals surface area contributed by atoms with Gasteiger partial charge < -0.3 is 25.0 Å². The molecule has 4 amide bonds. The van der Waals surface area contributed by atoms with Crippen LogP contribution in [0.15, 0.2) is 110 Å². The second-order valence-electron chi connectivity index (χ2n) is 11.7. The molecule has 0 radical (unpaired) electrons. The Morgan fingerprint density at radius 3 is 2.50 bits per heavy atom. The van der Waals surface area contributed by atoms with Crippen LogP contribution in [0.5, 0.6) is 11.5 Å². The zero-order valence-electron chi connectivity index (χ0n) is 26.7. The molecule has 4 aromatic rings. The van der Waals surface area contributed by atoms with E-state index in [1.54, 1.807) is 63.5 Å². The van der Waals surface area contributed by atoms with E-state index < -0.39 is 18.2 Å². The molecule has 2 N–H and O–H groups in total. The highest BCUT2D eigenvalue weighted by Gasteiger charge is 2.51. The fourth-order valence-corrected chi connectivity index (χ4v) is 6.41. The molecule has 3 heterocycles. The lowest BCUT2D eigenvalue weighted by atomic mass is 9.97. The van der Waals surface area contributed by atoms with Crippen LogP contribution in [0.4, 0.5) is 4.79 Å². The zero-order valence-corrected chi connectivity index (χ0v) is 26.7. The zero-order chi connectivity index (χ0) is 33.6. The Morgan fingerprint density at radius 2 is 1.75 bits per heavy atom. The van der Waals surface area contributed by atoms with Crippen LogP contribution >= 0.6 is 0 Å². The fraction of sp³-hybridized carbons (Fsp3) is 0.243. The van der Waals surface area contributed by atoms with Crippen molar-refractivity contribution in [3.63, 3.8) is 0 Å². The van der Waals surface area contributed by atoms with Crippen LogP contribution in [0.3, 0.4) is 0 Å². The number of rotatable bonds is 10. The maximum absolute atomic E-state index is 14.5. The number of phenols is 1. The summed E-state index contributed by atoms with van der Waals surface area (Å²) in [6.07, 6.45) is 2.75. The number of pyridine rings is 1. The van der Waals surface area contributed by atoms with Crippen LogP contribution < -0.4 is 10.1 Å². The summed E-state index contributed by atoms with van der Waals surface area (Å²) in [5.74, 6) is 0.244. The number of piperazine rings is 1. The van der Waals surface area contributed by atoms with Crippen molar-refractivity contribution in [1.82, 2.24) is 30.1 Å². The SMILES string of the molecule is C=CCN1CC(=O)N2C(Cc3ccc(O)cc3)C(=O)N(Cc3cccnc3-c3ccccc3OC)CC2N1C(=O)NCc1ccccc1. The number of nitrogens with one attached hydrogen (secondary N) is 1. The highest BCUT2D eigenvalue weighted by molar-refractivity contribution is 5.92. The van der Waals surface area contributed by atoms with Crippen LogP contribution in [0, 0.1) is 0 Å². The minimum absolute atomic E-state index is 0.0727. The van der Waals surface area contributed by atoms with Gasteiger partial charge in [0.15, 0.2) is 0 Å². The number of nitrogens with zero attached hydrogens (tertiary/aromatic N) is 5. The highest BCUT2D eigenvalue weighted by atomic mass is 16.5. The van der Waals surface area contributed by atoms with Crippen molar-refractivity contribution in [2.24, 2.45) is 0 Å². The maximum Gasteiger partial charge on any atom is 0.334 e. The molecule has 0 saturated carbocycles. The third kappa shape index (κ3) is 6.72. The Kier molecular flexibility index (Phi) is 9.67. The summed E-state index contributed by atoms with van der Waals surface area (Å²) in [4.78, 5) is 50.3. The Labute approximate surface area is 279 Å². The quantitative estimate of drug-likeness (QED) is 0.248. The molecule has 6 rings (SSSR count). The van der Waals surface area contributed by atoms with E-state index in [1.807, 2.05) is 66.7 Å². The topological polar surface area (TPSA) is 119 Å². The van der Waals surface area contributed by atoms with Crippen molar-refractivity contribution >= 4 is 17.8 Å². The number of hydrazine groups is 1. The van der Waals surface area contributed by atoms with Crippen molar-refractivity contribution in [2.75, 3.05) is 26.7 Å². The minimum Gasteiger partial charge on any atom is -0.508 e.